The molecule has 0 amide bonds. The Kier molecular flexibility index (Phi) is 4.89. The normalized spacial score (nSPS) is 19.8. The van der Waals surface area contributed by atoms with Crippen LogP contribution in [-0.4, -0.2) is 18.5 Å². The number of hydrogen-bond acceptors (Lipinski definition) is 2. The summed E-state index contributed by atoms with van der Waals surface area (Å²) >= 11 is 3.25. The molecule has 1 aromatic carbocycles. The molecule has 0 spiro atoms. The van der Waals surface area contributed by atoms with Crippen LogP contribution in [0.5, 0.6) is 0 Å². The van der Waals surface area contributed by atoms with Crippen molar-refractivity contribution in [3.05, 3.63) is 34.1 Å². The van der Waals surface area contributed by atoms with Gasteiger partial charge in [0.2, 0.25) is 0 Å². The molecule has 2 nitrogen and oxygen atoms in total. The molecule has 0 N–H and O–H groups in total. The Bertz CT molecular complexity index is 428. The number of halogens is 2. The van der Waals surface area contributed by atoms with E-state index < -0.39 is 5.82 Å². The van der Waals surface area contributed by atoms with Gasteiger partial charge in [-0.2, -0.15) is 0 Å². The Balaban J connectivity index is 1.92. The van der Waals surface area contributed by atoms with Crippen molar-refractivity contribution in [2.24, 2.45) is 0 Å². The topological polar surface area (TPSA) is 26.3 Å². The molecule has 2 rings (SSSR count). The van der Waals surface area contributed by atoms with E-state index in [9.17, 15) is 9.18 Å². The van der Waals surface area contributed by atoms with Crippen molar-refractivity contribution < 1.29 is 13.9 Å². The van der Waals surface area contributed by atoms with Crippen LogP contribution < -0.4 is 0 Å². The smallest absolute Gasteiger partial charge is 0.165 e. The van der Waals surface area contributed by atoms with Crippen molar-refractivity contribution in [2.45, 2.75) is 38.2 Å². The molecule has 1 fully saturated rings. The summed E-state index contributed by atoms with van der Waals surface area (Å²) in [5.41, 5.74) is 0.167. The van der Waals surface area contributed by atoms with Crippen molar-refractivity contribution >= 4 is 21.7 Å². The molecular formula is C14H16BrFO2. The van der Waals surface area contributed by atoms with Gasteiger partial charge in [0, 0.05) is 17.5 Å². The molecule has 4 heteroatoms. The van der Waals surface area contributed by atoms with E-state index in [0.717, 1.165) is 30.3 Å². The fraction of sp³-hybridized carbons (Fsp3) is 0.500. The minimum Gasteiger partial charge on any atom is -0.378 e. The lowest BCUT2D eigenvalue weighted by molar-refractivity contribution is 0.0104. The molecule has 18 heavy (non-hydrogen) atoms. The Morgan fingerprint density at radius 1 is 1.44 bits per heavy atom. The van der Waals surface area contributed by atoms with Crippen LogP contribution in [0.3, 0.4) is 0 Å². The molecule has 1 aromatic rings. The molecule has 1 atom stereocenters. The van der Waals surface area contributed by atoms with E-state index in [2.05, 4.69) is 15.9 Å². The number of rotatable bonds is 4. The highest BCUT2D eigenvalue weighted by Gasteiger charge is 2.17. The molecule has 1 heterocycles. The molecular weight excluding hydrogens is 299 g/mol. The summed E-state index contributed by atoms with van der Waals surface area (Å²) in [5, 5.41) is 0. The number of hydrogen-bond donors (Lipinski definition) is 0. The van der Waals surface area contributed by atoms with Crippen LogP contribution in [0.2, 0.25) is 0 Å². The SMILES string of the molecule is O=C(CCC1CCCCO1)c1cc(Br)ccc1F. The molecule has 98 valence electrons. The Morgan fingerprint density at radius 3 is 3.00 bits per heavy atom. The molecule has 1 aliphatic heterocycles. The molecule has 1 unspecified atom stereocenters. The van der Waals surface area contributed by atoms with Gasteiger partial charge < -0.3 is 4.74 Å². The third kappa shape index (κ3) is 3.62. The standard InChI is InChI=1S/C14H16BrFO2/c15-10-4-6-13(16)12(9-10)14(17)7-5-11-3-1-2-8-18-11/h4,6,9,11H,1-3,5,7-8H2. The van der Waals surface area contributed by atoms with Crippen LogP contribution >= 0.6 is 15.9 Å². The number of carbonyl (C=O) groups is 1. The van der Waals surface area contributed by atoms with Crippen LogP contribution in [0, 0.1) is 5.82 Å². The lowest BCUT2D eigenvalue weighted by atomic mass is 10.00. The van der Waals surface area contributed by atoms with E-state index in [1.165, 1.54) is 6.07 Å². The molecule has 1 saturated heterocycles. The summed E-state index contributed by atoms with van der Waals surface area (Å²) in [7, 11) is 0. The molecule has 0 radical (unpaired) electrons. The lowest BCUT2D eigenvalue weighted by Crippen LogP contribution is -2.20. The summed E-state index contributed by atoms with van der Waals surface area (Å²) in [5.74, 6) is -0.601. The summed E-state index contributed by atoms with van der Waals surface area (Å²) in [6.45, 7) is 0.782. The van der Waals surface area contributed by atoms with E-state index >= 15 is 0 Å². The van der Waals surface area contributed by atoms with Gasteiger partial charge in [-0.3, -0.25) is 4.79 Å². The monoisotopic (exact) mass is 314 g/mol. The fourth-order valence-electron chi connectivity index (χ4n) is 2.17. The predicted molar refractivity (Wildman–Crippen MR) is 71.3 cm³/mol. The van der Waals surface area contributed by atoms with E-state index in [1.54, 1.807) is 12.1 Å². The third-order valence-corrected chi connectivity index (χ3v) is 3.69. The number of ether oxygens (including phenoxy) is 1. The fourth-order valence-corrected chi connectivity index (χ4v) is 2.53. The summed E-state index contributed by atoms with van der Waals surface area (Å²) in [4.78, 5) is 11.9. The van der Waals surface area contributed by atoms with Gasteiger partial charge in [0.25, 0.3) is 0 Å². The second-order valence-corrected chi connectivity index (χ2v) is 5.49. The van der Waals surface area contributed by atoms with E-state index in [-0.39, 0.29) is 17.5 Å². The molecule has 0 saturated carbocycles. The van der Waals surface area contributed by atoms with Gasteiger partial charge in [-0.25, -0.2) is 4.39 Å². The van der Waals surface area contributed by atoms with Gasteiger partial charge in [0.05, 0.1) is 11.7 Å². The lowest BCUT2D eigenvalue weighted by Gasteiger charge is -2.22. The van der Waals surface area contributed by atoms with Crippen molar-refractivity contribution in [1.82, 2.24) is 0 Å². The van der Waals surface area contributed by atoms with Crippen molar-refractivity contribution in [2.75, 3.05) is 6.61 Å². The van der Waals surface area contributed by atoms with Crippen LogP contribution in [0.15, 0.2) is 22.7 Å². The van der Waals surface area contributed by atoms with Crippen molar-refractivity contribution in [3.8, 4) is 0 Å². The first-order chi connectivity index (χ1) is 8.66. The van der Waals surface area contributed by atoms with Gasteiger partial charge in [0.15, 0.2) is 5.78 Å². The largest absolute Gasteiger partial charge is 0.378 e. The second kappa shape index (κ2) is 6.43. The van der Waals surface area contributed by atoms with E-state index in [0.29, 0.717) is 12.8 Å². The highest BCUT2D eigenvalue weighted by Crippen LogP contribution is 2.21. The molecule has 0 aliphatic carbocycles. The van der Waals surface area contributed by atoms with E-state index in [4.69, 9.17) is 4.74 Å². The minimum absolute atomic E-state index is 0.150. The van der Waals surface area contributed by atoms with Gasteiger partial charge in [-0.15, -0.1) is 0 Å². The molecule has 1 aliphatic rings. The van der Waals surface area contributed by atoms with E-state index in [1.807, 2.05) is 0 Å². The first-order valence-electron chi connectivity index (χ1n) is 6.26. The number of carbonyl (C=O) groups excluding carboxylic acids is 1. The average molecular weight is 315 g/mol. The van der Waals surface area contributed by atoms with Crippen LogP contribution in [0.1, 0.15) is 42.5 Å². The first kappa shape index (κ1) is 13.7. The average Bonchev–Trinajstić information content (AvgIpc) is 2.40. The van der Waals surface area contributed by atoms with Gasteiger partial charge >= 0.3 is 0 Å². The molecule has 0 aromatic heterocycles. The zero-order valence-electron chi connectivity index (χ0n) is 10.1. The molecule has 0 bridgehead atoms. The Labute approximate surface area is 115 Å². The zero-order valence-corrected chi connectivity index (χ0v) is 11.7. The highest BCUT2D eigenvalue weighted by molar-refractivity contribution is 9.10. The maximum absolute atomic E-state index is 13.5. The third-order valence-electron chi connectivity index (χ3n) is 3.20. The summed E-state index contributed by atoms with van der Waals surface area (Å²) < 4.78 is 19.8. The van der Waals surface area contributed by atoms with Gasteiger partial charge in [-0.05, 0) is 43.9 Å². The maximum Gasteiger partial charge on any atom is 0.165 e. The van der Waals surface area contributed by atoms with Crippen LogP contribution in [0.25, 0.3) is 0 Å². The highest BCUT2D eigenvalue weighted by atomic mass is 79.9. The summed E-state index contributed by atoms with van der Waals surface area (Å²) in [6, 6.07) is 4.45. The van der Waals surface area contributed by atoms with Gasteiger partial charge in [0.1, 0.15) is 5.82 Å². The van der Waals surface area contributed by atoms with Crippen LogP contribution in [0.4, 0.5) is 4.39 Å². The van der Waals surface area contributed by atoms with Crippen molar-refractivity contribution in [3.63, 3.8) is 0 Å². The first-order valence-corrected chi connectivity index (χ1v) is 7.06. The Morgan fingerprint density at radius 2 is 2.28 bits per heavy atom. The van der Waals surface area contributed by atoms with Crippen molar-refractivity contribution in [1.29, 1.82) is 0 Å². The predicted octanol–water partition coefficient (Wildman–Crippen LogP) is 4.12. The maximum atomic E-state index is 13.5. The summed E-state index contributed by atoms with van der Waals surface area (Å²) in [6.07, 6.45) is 4.46. The number of Topliss-reactive ketones (excluding diaryl/α,β-unsaturated/α-hetero) is 1. The number of benzene rings is 1. The second-order valence-electron chi connectivity index (χ2n) is 4.57. The minimum atomic E-state index is -0.451. The Hall–Kier alpha value is -0.740. The quantitative estimate of drug-likeness (QED) is 0.781. The van der Waals surface area contributed by atoms with Gasteiger partial charge in [-0.1, -0.05) is 15.9 Å². The number of ketones is 1. The van der Waals surface area contributed by atoms with Crippen LogP contribution in [-0.2, 0) is 4.74 Å². The zero-order chi connectivity index (χ0) is 13.0.